The van der Waals surface area contributed by atoms with Crippen molar-refractivity contribution >= 4 is 60.8 Å². The van der Waals surface area contributed by atoms with Crippen molar-refractivity contribution < 1.29 is 27.6 Å². The molecule has 3 heterocycles. The normalized spacial score (nSPS) is 16.2. The summed E-state index contributed by atoms with van der Waals surface area (Å²) in [6.45, 7) is 10.5. The number of carbonyl (C=O) groups is 1. The molecule has 0 saturated heterocycles. The summed E-state index contributed by atoms with van der Waals surface area (Å²) in [7, 11) is -4.57. The fourth-order valence-electron chi connectivity index (χ4n) is 9.37. The van der Waals surface area contributed by atoms with Crippen molar-refractivity contribution in [2.24, 2.45) is 0 Å². The Labute approximate surface area is 326 Å². The minimum absolute atomic E-state index is 0.220. The molecule has 3 aliphatic heterocycles. The van der Waals surface area contributed by atoms with E-state index in [1.165, 1.54) is 28.6 Å². The number of benzene rings is 6. The number of aryl methyl sites for hydroxylation is 1. The maximum Gasteiger partial charge on any atom is 0.303 e. The van der Waals surface area contributed by atoms with E-state index in [0.29, 0.717) is 13.0 Å². The van der Waals surface area contributed by atoms with Gasteiger partial charge in [-0.15, -0.1) is 0 Å². The number of carboxylic acid groups (broad SMARTS) is 1. The minimum Gasteiger partial charge on any atom is -0.744 e. The summed E-state index contributed by atoms with van der Waals surface area (Å²) in [5, 5.41) is 15.7. The Morgan fingerprint density at radius 1 is 0.786 bits per heavy atom. The maximum atomic E-state index is 11.8. The highest BCUT2D eigenvalue weighted by Gasteiger charge is 2.46. The van der Waals surface area contributed by atoms with E-state index in [1.54, 1.807) is 12.1 Å². The molecule has 284 valence electrons. The van der Waals surface area contributed by atoms with Gasteiger partial charge in [-0.2, -0.15) is 4.58 Å². The number of carboxylic acids is 1. The summed E-state index contributed by atoms with van der Waals surface area (Å²) in [6.07, 6.45) is 6.03. The molecule has 6 aromatic carbocycles. The van der Waals surface area contributed by atoms with Gasteiger partial charge in [0.1, 0.15) is 21.6 Å². The number of ether oxygens (including phenoxy) is 1. The smallest absolute Gasteiger partial charge is 0.303 e. The van der Waals surface area contributed by atoms with Gasteiger partial charge in [-0.3, -0.25) is 4.79 Å². The predicted octanol–water partition coefficient (Wildman–Crippen LogP) is 8.56. The van der Waals surface area contributed by atoms with Crippen molar-refractivity contribution in [3.05, 3.63) is 130 Å². The summed E-state index contributed by atoms with van der Waals surface area (Å²) in [6, 6.07) is 32.1. The van der Waals surface area contributed by atoms with Crippen LogP contribution in [0.5, 0.6) is 11.5 Å². The first-order valence-corrected chi connectivity index (χ1v) is 20.8. The Hall–Kier alpha value is -5.51. The molecule has 3 aliphatic rings. The van der Waals surface area contributed by atoms with Gasteiger partial charge in [0.2, 0.25) is 11.0 Å². The average Bonchev–Trinajstić information content (AvgIpc) is 3.63. The molecule has 0 amide bonds. The fraction of sp³-hybridized carbons (Fsp3) is 0.277. The molecule has 8 nitrogen and oxygen atoms in total. The van der Waals surface area contributed by atoms with Crippen LogP contribution in [-0.2, 0) is 32.2 Å². The molecule has 1 N–H and O–H groups in total. The molecule has 56 heavy (non-hydrogen) atoms. The van der Waals surface area contributed by atoms with Crippen LogP contribution in [0.15, 0.2) is 102 Å². The highest BCUT2D eigenvalue weighted by Crippen LogP contribution is 2.56. The molecule has 9 rings (SSSR count). The van der Waals surface area contributed by atoms with Gasteiger partial charge in [0.05, 0.1) is 26.9 Å². The Kier molecular flexibility index (Phi) is 8.41. The summed E-state index contributed by atoms with van der Waals surface area (Å²) in [5.41, 5.74) is 6.92. The van der Waals surface area contributed by atoms with Crippen molar-refractivity contribution in [2.75, 3.05) is 18.0 Å². The van der Waals surface area contributed by atoms with Gasteiger partial charge >= 0.3 is 5.97 Å². The Morgan fingerprint density at radius 2 is 1.45 bits per heavy atom. The number of aliphatic carboxylic acids is 1. The lowest BCUT2D eigenvalue weighted by atomic mass is 9.81. The molecule has 0 spiro atoms. The molecule has 0 aliphatic carbocycles. The van der Waals surface area contributed by atoms with E-state index in [2.05, 4.69) is 116 Å². The molecule has 6 aromatic rings. The lowest BCUT2D eigenvalue weighted by molar-refractivity contribution is -0.137. The van der Waals surface area contributed by atoms with Crippen LogP contribution in [0, 0.1) is 0 Å². The van der Waals surface area contributed by atoms with Crippen LogP contribution in [0.2, 0.25) is 0 Å². The molecule has 0 atom stereocenters. The van der Waals surface area contributed by atoms with Crippen molar-refractivity contribution in [3.63, 3.8) is 0 Å². The molecule has 0 unspecified atom stereocenters. The topological polar surface area (TPSA) is 110 Å². The van der Waals surface area contributed by atoms with Crippen molar-refractivity contribution in [1.82, 2.24) is 4.58 Å². The van der Waals surface area contributed by atoms with Crippen molar-refractivity contribution in [3.8, 4) is 11.5 Å². The molecular weight excluding hydrogens is 721 g/mol. The van der Waals surface area contributed by atoms with E-state index >= 15 is 0 Å². The zero-order valence-corrected chi connectivity index (χ0v) is 32.9. The second-order valence-electron chi connectivity index (χ2n) is 16.8. The second-order valence-corrected chi connectivity index (χ2v) is 18.2. The maximum absolute atomic E-state index is 11.8. The number of nitrogens with zero attached hydrogens (tertiary/aromatic N) is 2. The van der Waals surface area contributed by atoms with Gasteiger partial charge in [0, 0.05) is 57.9 Å². The lowest BCUT2D eigenvalue weighted by Gasteiger charge is -2.28. The zero-order valence-electron chi connectivity index (χ0n) is 32.1. The van der Waals surface area contributed by atoms with E-state index in [-0.39, 0.29) is 22.1 Å². The van der Waals surface area contributed by atoms with E-state index in [4.69, 9.17) is 9.84 Å². The highest BCUT2D eigenvalue weighted by molar-refractivity contribution is 7.85. The second kappa shape index (κ2) is 13.0. The number of hydrogen-bond donors (Lipinski definition) is 1. The van der Waals surface area contributed by atoms with Gasteiger partial charge in [0.15, 0.2) is 6.54 Å². The first-order valence-electron chi connectivity index (χ1n) is 19.4. The van der Waals surface area contributed by atoms with E-state index < -0.39 is 16.1 Å². The SMILES string of the molecule is CC1(C)CN(c2ccc(S(=O)(=O)[O-])cc2)c2c1c1c(c3ccccc23)C=c2c(c3c(c4ccccc24)=[N+](c2ccc(CCCCCC(=O)O)cc2)CC3(C)C)O1. The minimum atomic E-state index is -4.57. The van der Waals surface area contributed by atoms with Gasteiger partial charge in [-0.1, -0.05) is 74.9 Å². The molecule has 0 aromatic heterocycles. The predicted molar refractivity (Wildman–Crippen MR) is 220 cm³/mol. The van der Waals surface area contributed by atoms with Crippen LogP contribution in [0.4, 0.5) is 17.1 Å². The molecular formula is C47H44N2O6S. The molecule has 0 radical (unpaired) electrons. The number of unbranched alkanes of at least 4 members (excludes halogenated alkanes) is 2. The summed E-state index contributed by atoms with van der Waals surface area (Å²) < 4.78 is 45.2. The number of fused-ring (bicyclic) bond motifs is 12. The fourth-order valence-corrected chi connectivity index (χ4v) is 9.84. The van der Waals surface area contributed by atoms with Crippen LogP contribution in [-0.4, -0.2) is 37.1 Å². The lowest BCUT2D eigenvalue weighted by Crippen LogP contribution is -2.29. The first kappa shape index (κ1) is 36.1. The van der Waals surface area contributed by atoms with Crippen LogP contribution in [0.3, 0.4) is 0 Å². The zero-order chi connectivity index (χ0) is 39.1. The quantitative estimate of drug-likeness (QED) is 0.0892. The Bertz CT molecular complexity index is 2860. The number of rotatable bonds is 9. The summed E-state index contributed by atoms with van der Waals surface area (Å²) >= 11 is 0. The van der Waals surface area contributed by atoms with Crippen LogP contribution < -0.4 is 24.8 Å². The standard InChI is InChI=1S/C47H44N2O6S/c1-46(2)27-48(30-20-18-29(19-21-30)12-6-5-7-17-39(50)51)42-35-15-10-8-13-33(35)37-26-38-34-14-9-11-16-36(34)43-41(45(38)55-44(37)40(42)46)47(3,4)28-49(43)31-22-24-32(25-23-31)56(52,53)54/h8-11,13-16,18-26H,5-7,12,17,27-28H2,1-4H3,(H-,50,51,52,53,54). The third kappa shape index (κ3) is 5.87. The number of hydrogen-bond acceptors (Lipinski definition) is 6. The van der Waals surface area contributed by atoms with Gasteiger partial charge < -0.3 is 19.3 Å². The first-order chi connectivity index (χ1) is 26.7. The Balaban J connectivity index is 1.23. The van der Waals surface area contributed by atoms with Gasteiger partial charge in [-0.25, -0.2) is 8.42 Å². The highest BCUT2D eigenvalue weighted by atomic mass is 32.2. The molecule has 0 bridgehead atoms. The van der Waals surface area contributed by atoms with Crippen LogP contribution in [0.25, 0.3) is 27.6 Å². The van der Waals surface area contributed by atoms with Gasteiger partial charge in [-0.05, 0) is 85.9 Å². The largest absolute Gasteiger partial charge is 0.744 e. The average molecular weight is 765 g/mol. The molecule has 0 saturated carbocycles. The van der Waals surface area contributed by atoms with Crippen molar-refractivity contribution in [2.45, 2.75) is 75.5 Å². The summed E-state index contributed by atoms with van der Waals surface area (Å²) in [5.74, 6) is 0.991. The Morgan fingerprint density at radius 3 is 2.12 bits per heavy atom. The van der Waals surface area contributed by atoms with E-state index in [1.807, 2.05) is 0 Å². The number of anilines is 2. The van der Waals surface area contributed by atoms with Crippen LogP contribution in [0.1, 0.15) is 75.6 Å². The summed E-state index contributed by atoms with van der Waals surface area (Å²) in [4.78, 5) is 12.9. The monoisotopic (exact) mass is 764 g/mol. The van der Waals surface area contributed by atoms with Crippen molar-refractivity contribution in [1.29, 1.82) is 0 Å². The van der Waals surface area contributed by atoms with Crippen LogP contribution >= 0.6 is 0 Å². The molecule has 0 fully saturated rings. The third-order valence-corrected chi connectivity index (χ3v) is 12.7. The molecule has 9 heteroatoms. The van der Waals surface area contributed by atoms with E-state index in [0.717, 1.165) is 92.2 Å². The van der Waals surface area contributed by atoms with E-state index in [9.17, 15) is 17.8 Å². The third-order valence-electron chi connectivity index (χ3n) is 11.9. The van der Waals surface area contributed by atoms with Gasteiger partial charge in [0.25, 0.3) is 0 Å².